The Morgan fingerprint density at radius 1 is 1.33 bits per heavy atom. The van der Waals surface area contributed by atoms with Crippen LogP contribution in [0.1, 0.15) is 25.7 Å². The number of esters is 1. The molecular formula is C14H25ClN2O4. The molecule has 0 saturated carbocycles. The predicted octanol–water partition coefficient (Wildman–Crippen LogP) is 0.492. The van der Waals surface area contributed by atoms with Gasteiger partial charge in [0.05, 0.1) is 19.1 Å². The number of methoxy groups -OCH3 is 1. The lowest BCUT2D eigenvalue weighted by molar-refractivity contribution is -0.148. The van der Waals surface area contributed by atoms with Gasteiger partial charge in [0.2, 0.25) is 5.91 Å². The fourth-order valence-electron chi connectivity index (χ4n) is 2.95. The van der Waals surface area contributed by atoms with E-state index in [2.05, 4.69) is 10.6 Å². The van der Waals surface area contributed by atoms with Gasteiger partial charge in [-0.15, -0.1) is 12.4 Å². The largest absolute Gasteiger partial charge is 0.469 e. The van der Waals surface area contributed by atoms with E-state index in [1.165, 1.54) is 7.11 Å². The Morgan fingerprint density at radius 3 is 2.62 bits per heavy atom. The first-order chi connectivity index (χ1) is 9.72. The molecule has 2 saturated heterocycles. The molecule has 0 bridgehead atoms. The predicted molar refractivity (Wildman–Crippen MR) is 80.3 cm³/mol. The minimum absolute atomic E-state index is 0. The van der Waals surface area contributed by atoms with E-state index >= 15 is 0 Å². The quantitative estimate of drug-likeness (QED) is 0.721. The maximum Gasteiger partial charge on any atom is 0.310 e. The van der Waals surface area contributed by atoms with Crippen molar-refractivity contribution in [1.29, 1.82) is 0 Å². The van der Waals surface area contributed by atoms with Gasteiger partial charge in [-0.25, -0.2) is 0 Å². The molecule has 0 aromatic heterocycles. The van der Waals surface area contributed by atoms with Crippen LogP contribution in [0, 0.1) is 11.8 Å². The van der Waals surface area contributed by atoms with E-state index in [4.69, 9.17) is 9.47 Å². The second kappa shape index (κ2) is 9.23. The van der Waals surface area contributed by atoms with Gasteiger partial charge in [0.15, 0.2) is 0 Å². The summed E-state index contributed by atoms with van der Waals surface area (Å²) in [5, 5.41) is 6.05. The van der Waals surface area contributed by atoms with Crippen molar-refractivity contribution < 1.29 is 19.1 Å². The molecule has 2 heterocycles. The normalized spacial score (nSPS) is 24.0. The Kier molecular flexibility index (Phi) is 8.00. The number of nitrogens with one attached hydrogen (secondary N) is 2. The Labute approximate surface area is 131 Å². The maximum atomic E-state index is 12.0. The van der Waals surface area contributed by atoms with Gasteiger partial charge < -0.3 is 20.1 Å². The molecule has 2 fully saturated rings. The molecule has 0 aliphatic carbocycles. The standard InChI is InChI=1S/C14H24N2O4.ClH/c1-19-14(18)11(10-4-7-20-8-5-10)9-16-13(17)12-3-2-6-15-12;/h10-12,15H,2-9H2,1H3,(H,16,17);1H. The molecule has 122 valence electrons. The third-order valence-electron chi connectivity index (χ3n) is 4.21. The second-order valence-electron chi connectivity index (χ2n) is 5.47. The molecule has 1 amide bonds. The van der Waals surface area contributed by atoms with Crippen LogP contribution in [-0.4, -0.2) is 51.3 Å². The summed E-state index contributed by atoms with van der Waals surface area (Å²) in [6.07, 6.45) is 3.58. The number of ether oxygens (including phenoxy) is 2. The Morgan fingerprint density at radius 2 is 2.05 bits per heavy atom. The van der Waals surface area contributed by atoms with E-state index in [0.29, 0.717) is 19.8 Å². The number of amides is 1. The first kappa shape index (κ1) is 18.2. The molecule has 2 aliphatic heterocycles. The lowest BCUT2D eigenvalue weighted by atomic mass is 9.86. The zero-order valence-corrected chi connectivity index (χ0v) is 13.2. The van der Waals surface area contributed by atoms with Crippen molar-refractivity contribution in [3.63, 3.8) is 0 Å². The highest BCUT2D eigenvalue weighted by molar-refractivity contribution is 5.85. The minimum atomic E-state index is -0.269. The molecule has 6 nitrogen and oxygen atoms in total. The number of carbonyl (C=O) groups is 2. The van der Waals surface area contributed by atoms with Crippen LogP contribution in [0.2, 0.25) is 0 Å². The van der Waals surface area contributed by atoms with Crippen LogP contribution < -0.4 is 10.6 Å². The molecule has 2 N–H and O–H groups in total. The van der Waals surface area contributed by atoms with E-state index in [1.54, 1.807) is 0 Å². The van der Waals surface area contributed by atoms with Crippen LogP contribution in [-0.2, 0) is 19.1 Å². The van der Waals surface area contributed by atoms with Crippen molar-refractivity contribution in [1.82, 2.24) is 10.6 Å². The summed E-state index contributed by atoms with van der Waals surface area (Å²) in [4.78, 5) is 23.9. The molecule has 0 aromatic carbocycles. The SMILES string of the molecule is COC(=O)C(CNC(=O)C1CCCN1)C1CCOCC1.Cl. The number of hydrogen-bond donors (Lipinski definition) is 2. The molecule has 2 rings (SSSR count). The molecule has 2 aliphatic rings. The minimum Gasteiger partial charge on any atom is -0.469 e. The van der Waals surface area contributed by atoms with Crippen molar-refractivity contribution in [2.24, 2.45) is 11.8 Å². The Balaban J connectivity index is 0.00000220. The van der Waals surface area contributed by atoms with Crippen molar-refractivity contribution in [3.8, 4) is 0 Å². The zero-order valence-electron chi connectivity index (χ0n) is 12.4. The summed E-state index contributed by atoms with van der Waals surface area (Å²) in [5.74, 6) is -0.290. The molecule has 2 unspecified atom stereocenters. The van der Waals surface area contributed by atoms with E-state index in [0.717, 1.165) is 32.2 Å². The maximum absolute atomic E-state index is 12.0. The summed E-state index contributed by atoms with van der Waals surface area (Å²) in [5.41, 5.74) is 0. The van der Waals surface area contributed by atoms with E-state index in [9.17, 15) is 9.59 Å². The zero-order chi connectivity index (χ0) is 14.4. The summed E-state index contributed by atoms with van der Waals surface area (Å²) >= 11 is 0. The Hall–Kier alpha value is -0.850. The Bertz CT molecular complexity index is 342. The molecule has 21 heavy (non-hydrogen) atoms. The third-order valence-corrected chi connectivity index (χ3v) is 4.21. The average Bonchev–Trinajstić information content (AvgIpc) is 3.02. The number of hydrogen-bond acceptors (Lipinski definition) is 5. The van der Waals surface area contributed by atoms with Gasteiger partial charge in [-0.1, -0.05) is 0 Å². The molecule has 2 atom stereocenters. The van der Waals surface area contributed by atoms with Gasteiger partial charge in [-0.2, -0.15) is 0 Å². The first-order valence-electron chi connectivity index (χ1n) is 7.39. The van der Waals surface area contributed by atoms with Crippen LogP contribution in [0.15, 0.2) is 0 Å². The highest BCUT2D eigenvalue weighted by Gasteiger charge is 2.32. The van der Waals surface area contributed by atoms with Gasteiger partial charge in [-0.05, 0) is 38.1 Å². The van der Waals surface area contributed by atoms with Gasteiger partial charge in [0.1, 0.15) is 0 Å². The number of carbonyl (C=O) groups excluding carboxylic acids is 2. The third kappa shape index (κ3) is 5.13. The first-order valence-corrected chi connectivity index (χ1v) is 7.39. The molecule has 0 radical (unpaired) electrons. The summed E-state index contributed by atoms with van der Waals surface area (Å²) in [6.45, 7) is 2.60. The smallest absolute Gasteiger partial charge is 0.310 e. The molecule has 0 aromatic rings. The van der Waals surface area contributed by atoms with Crippen molar-refractivity contribution in [2.75, 3.05) is 33.4 Å². The monoisotopic (exact) mass is 320 g/mol. The second-order valence-corrected chi connectivity index (χ2v) is 5.47. The van der Waals surface area contributed by atoms with Crippen molar-refractivity contribution in [3.05, 3.63) is 0 Å². The lowest BCUT2D eigenvalue weighted by Gasteiger charge is -2.28. The fraction of sp³-hybridized carbons (Fsp3) is 0.857. The average molecular weight is 321 g/mol. The van der Waals surface area contributed by atoms with E-state index in [-0.39, 0.29) is 42.2 Å². The summed E-state index contributed by atoms with van der Waals surface area (Å²) in [7, 11) is 1.40. The molecule has 0 spiro atoms. The van der Waals surface area contributed by atoms with Gasteiger partial charge in [-0.3, -0.25) is 9.59 Å². The van der Waals surface area contributed by atoms with Crippen LogP contribution >= 0.6 is 12.4 Å². The topological polar surface area (TPSA) is 76.7 Å². The highest BCUT2D eigenvalue weighted by Crippen LogP contribution is 2.24. The highest BCUT2D eigenvalue weighted by atomic mass is 35.5. The number of halogens is 1. The lowest BCUT2D eigenvalue weighted by Crippen LogP contribution is -2.45. The van der Waals surface area contributed by atoms with Crippen LogP contribution in [0.3, 0.4) is 0 Å². The van der Waals surface area contributed by atoms with E-state index in [1.807, 2.05) is 0 Å². The molecular weight excluding hydrogens is 296 g/mol. The summed E-state index contributed by atoms with van der Waals surface area (Å²) < 4.78 is 10.2. The van der Waals surface area contributed by atoms with Crippen LogP contribution in [0.4, 0.5) is 0 Å². The van der Waals surface area contributed by atoms with Crippen LogP contribution in [0.25, 0.3) is 0 Å². The van der Waals surface area contributed by atoms with Crippen molar-refractivity contribution in [2.45, 2.75) is 31.7 Å². The number of rotatable bonds is 5. The molecule has 7 heteroatoms. The van der Waals surface area contributed by atoms with Gasteiger partial charge in [0.25, 0.3) is 0 Å². The fourth-order valence-corrected chi connectivity index (χ4v) is 2.95. The van der Waals surface area contributed by atoms with E-state index < -0.39 is 0 Å². The summed E-state index contributed by atoms with van der Waals surface area (Å²) in [6, 6.07) is -0.108. The van der Waals surface area contributed by atoms with Gasteiger partial charge >= 0.3 is 5.97 Å². The van der Waals surface area contributed by atoms with Crippen LogP contribution in [0.5, 0.6) is 0 Å². The van der Waals surface area contributed by atoms with Crippen molar-refractivity contribution >= 4 is 24.3 Å². The van der Waals surface area contributed by atoms with Gasteiger partial charge in [0, 0.05) is 19.8 Å².